The Morgan fingerprint density at radius 1 is 1.16 bits per heavy atom. The summed E-state index contributed by atoms with van der Waals surface area (Å²) in [5.74, 6) is -0.0788. The summed E-state index contributed by atoms with van der Waals surface area (Å²) in [5.41, 5.74) is 4.84. The number of nitrogens with zero attached hydrogens (tertiary/aromatic N) is 2. The molecule has 164 valence electrons. The van der Waals surface area contributed by atoms with Crippen LogP contribution in [-0.4, -0.2) is 47.3 Å². The number of allylic oxidation sites excluding steroid dienone is 1. The van der Waals surface area contributed by atoms with E-state index in [9.17, 15) is 9.59 Å². The maximum atomic E-state index is 13.1. The van der Waals surface area contributed by atoms with Crippen LogP contribution in [0.25, 0.3) is 6.08 Å². The second kappa shape index (κ2) is 9.96. The lowest BCUT2D eigenvalue weighted by molar-refractivity contribution is -0.128. The van der Waals surface area contributed by atoms with Gasteiger partial charge in [-0.15, -0.1) is 11.6 Å². The maximum Gasteiger partial charge on any atom is 0.265 e. The van der Waals surface area contributed by atoms with E-state index < -0.39 is 5.91 Å². The van der Waals surface area contributed by atoms with E-state index in [0.29, 0.717) is 12.4 Å². The number of carbonyl (C=O) groups excluding carboxylic acids is 2. The van der Waals surface area contributed by atoms with Crippen LogP contribution in [0, 0.1) is 0 Å². The molecule has 3 aliphatic rings. The van der Waals surface area contributed by atoms with Crippen LogP contribution in [0.4, 0.5) is 5.69 Å². The summed E-state index contributed by atoms with van der Waals surface area (Å²) >= 11 is 11.1. The molecule has 0 spiro atoms. The third-order valence-corrected chi connectivity index (χ3v) is 6.79. The summed E-state index contributed by atoms with van der Waals surface area (Å²) in [7, 11) is 0. The quantitative estimate of drug-likeness (QED) is 0.219. The molecule has 1 N–H and O–H groups in total. The molecule has 2 heterocycles. The summed E-state index contributed by atoms with van der Waals surface area (Å²) in [6.45, 7) is 2.42. The van der Waals surface area contributed by atoms with Crippen molar-refractivity contribution in [3.63, 3.8) is 0 Å². The molecular weight excluding hydrogens is 430 g/mol. The van der Waals surface area contributed by atoms with E-state index in [2.05, 4.69) is 28.4 Å². The molecule has 4 rings (SSSR count). The predicted octanol–water partition coefficient (Wildman–Crippen LogP) is 4.20. The summed E-state index contributed by atoms with van der Waals surface area (Å²) in [5, 5.41) is 2.89. The average molecular weight is 458 g/mol. The first-order valence-electron chi connectivity index (χ1n) is 11.1. The van der Waals surface area contributed by atoms with E-state index in [4.69, 9.17) is 23.8 Å². The molecule has 7 heteroatoms. The van der Waals surface area contributed by atoms with E-state index in [1.807, 2.05) is 6.07 Å². The van der Waals surface area contributed by atoms with Gasteiger partial charge in [0, 0.05) is 31.2 Å². The summed E-state index contributed by atoms with van der Waals surface area (Å²) in [4.78, 5) is 29.5. The van der Waals surface area contributed by atoms with Crippen molar-refractivity contribution in [3.8, 4) is 0 Å². The van der Waals surface area contributed by atoms with Gasteiger partial charge in [-0.1, -0.05) is 17.7 Å². The molecule has 0 bridgehead atoms. The fourth-order valence-corrected chi connectivity index (χ4v) is 4.90. The number of hydrogen-bond donors (Lipinski definition) is 1. The number of amides is 2. The lowest BCUT2D eigenvalue weighted by Gasteiger charge is -2.29. The lowest BCUT2D eigenvalue weighted by atomic mass is 9.97. The van der Waals surface area contributed by atoms with Crippen LogP contribution in [0.5, 0.6) is 0 Å². The Hall–Kier alpha value is -2.18. The first-order valence-corrected chi connectivity index (χ1v) is 12.0. The van der Waals surface area contributed by atoms with E-state index in [0.717, 1.165) is 50.8 Å². The van der Waals surface area contributed by atoms with Gasteiger partial charge in [-0.05, 0) is 86.5 Å². The number of anilines is 1. The Balaban J connectivity index is 1.50. The van der Waals surface area contributed by atoms with Gasteiger partial charge >= 0.3 is 0 Å². The molecule has 0 unspecified atom stereocenters. The molecule has 1 aromatic rings. The molecule has 2 amide bonds. The minimum absolute atomic E-state index is 0.142. The Kier molecular flexibility index (Phi) is 7.08. The van der Waals surface area contributed by atoms with Gasteiger partial charge < -0.3 is 4.90 Å². The zero-order valence-electron chi connectivity index (χ0n) is 17.7. The largest absolute Gasteiger partial charge is 0.371 e. The van der Waals surface area contributed by atoms with Crippen LogP contribution in [0.15, 0.2) is 35.4 Å². The summed E-state index contributed by atoms with van der Waals surface area (Å²) in [6, 6.07) is 6.12. The zero-order valence-corrected chi connectivity index (χ0v) is 19.2. The normalized spacial score (nSPS) is 20.2. The second-order valence-electron chi connectivity index (χ2n) is 8.30. The second-order valence-corrected chi connectivity index (χ2v) is 9.06. The summed E-state index contributed by atoms with van der Waals surface area (Å²) < 4.78 is 0. The fraction of sp³-hybridized carbons (Fsp3) is 0.458. The lowest BCUT2D eigenvalue weighted by Crippen LogP contribution is -2.54. The highest BCUT2D eigenvalue weighted by Gasteiger charge is 2.33. The van der Waals surface area contributed by atoms with E-state index in [1.165, 1.54) is 34.6 Å². The Morgan fingerprint density at radius 2 is 2.03 bits per heavy atom. The SMILES string of the molecule is O=C1NC(=S)N(CCC2=CCCCC2)C(=O)C1=Cc1ccc2c(c1)CCN2CCCCl. The molecule has 0 atom stereocenters. The van der Waals surface area contributed by atoms with E-state index in [1.54, 1.807) is 6.08 Å². The van der Waals surface area contributed by atoms with Gasteiger partial charge in [-0.2, -0.15) is 0 Å². The van der Waals surface area contributed by atoms with Crippen LogP contribution < -0.4 is 10.2 Å². The molecule has 1 saturated heterocycles. The number of alkyl halides is 1. The number of halogens is 1. The van der Waals surface area contributed by atoms with Crippen molar-refractivity contribution in [2.45, 2.75) is 44.9 Å². The van der Waals surface area contributed by atoms with Gasteiger partial charge in [-0.3, -0.25) is 19.8 Å². The third kappa shape index (κ3) is 5.01. The van der Waals surface area contributed by atoms with Crippen LogP contribution in [0.3, 0.4) is 0 Å². The van der Waals surface area contributed by atoms with Crippen molar-refractivity contribution in [2.24, 2.45) is 0 Å². The minimum Gasteiger partial charge on any atom is -0.371 e. The monoisotopic (exact) mass is 457 g/mol. The van der Waals surface area contributed by atoms with E-state index >= 15 is 0 Å². The number of fused-ring (bicyclic) bond motifs is 1. The smallest absolute Gasteiger partial charge is 0.265 e. The molecular formula is C24H28ClN3O2S. The van der Waals surface area contributed by atoms with Gasteiger partial charge in [0.15, 0.2) is 5.11 Å². The number of hydrogen-bond acceptors (Lipinski definition) is 4. The molecule has 0 radical (unpaired) electrons. The number of carbonyl (C=O) groups is 2. The highest BCUT2D eigenvalue weighted by molar-refractivity contribution is 7.80. The van der Waals surface area contributed by atoms with Crippen LogP contribution >= 0.6 is 23.8 Å². The summed E-state index contributed by atoms with van der Waals surface area (Å²) in [6.07, 6.45) is 11.3. The Labute approximate surface area is 194 Å². The number of nitrogens with one attached hydrogen (secondary N) is 1. The molecule has 31 heavy (non-hydrogen) atoms. The van der Waals surface area contributed by atoms with Crippen LogP contribution in [-0.2, 0) is 16.0 Å². The van der Waals surface area contributed by atoms with Gasteiger partial charge in [0.25, 0.3) is 11.8 Å². The maximum absolute atomic E-state index is 13.1. The van der Waals surface area contributed by atoms with Crippen molar-refractivity contribution >= 4 is 52.5 Å². The highest BCUT2D eigenvalue weighted by Crippen LogP contribution is 2.30. The van der Waals surface area contributed by atoms with Crippen molar-refractivity contribution in [3.05, 3.63) is 46.5 Å². The van der Waals surface area contributed by atoms with E-state index in [-0.39, 0.29) is 16.6 Å². The average Bonchev–Trinajstić information content (AvgIpc) is 3.18. The third-order valence-electron chi connectivity index (χ3n) is 6.20. The van der Waals surface area contributed by atoms with Crippen molar-refractivity contribution in [2.75, 3.05) is 30.4 Å². The van der Waals surface area contributed by atoms with Gasteiger partial charge in [0.05, 0.1) is 0 Å². The van der Waals surface area contributed by atoms with Gasteiger partial charge in [0.2, 0.25) is 0 Å². The minimum atomic E-state index is -0.424. The van der Waals surface area contributed by atoms with Crippen LogP contribution in [0.2, 0.25) is 0 Å². The predicted molar refractivity (Wildman–Crippen MR) is 129 cm³/mol. The molecule has 1 fully saturated rings. The molecule has 1 aromatic carbocycles. The first-order chi connectivity index (χ1) is 15.1. The fourth-order valence-electron chi connectivity index (χ4n) is 4.51. The highest BCUT2D eigenvalue weighted by atomic mass is 35.5. The van der Waals surface area contributed by atoms with Gasteiger partial charge in [0.1, 0.15) is 5.57 Å². The van der Waals surface area contributed by atoms with Crippen molar-refractivity contribution in [1.29, 1.82) is 0 Å². The Morgan fingerprint density at radius 3 is 2.81 bits per heavy atom. The molecule has 1 aliphatic carbocycles. The number of benzene rings is 1. The first kappa shape index (κ1) is 22.0. The molecule has 2 aliphatic heterocycles. The van der Waals surface area contributed by atoms with Crippen LogP contribution in [0.1, 0.15) is 49.7 Å². The molecule has 0 aromatic heterocycles. The van der Waals surface area contributed by atoms with Crippen molar-refractivity contribution < 1.29 is 9.59 Å². The Bertz CT molecular complexity index is 956. The van der Waals surface area contributed by atoms with Gasteiger partial charge in [-0.25, -0.2) is 0 Å². The topological polar surface area (TPSA) is 52.7 Å². The van der Waals surface area contributed by atoms with Crippen molar-refractivity contribution in [1.82, 2.24) is 10.2 Å². The molecule has 0 saturated carbocycles. The molecule has 5 nitrogen and oxygen atoms in total. The number of rotatable bonds is 7. The zero-order chi connectivity index (χ0) is 21.8. The number of thiocarbonyl (C=S) groups is 1. The standard InChI is InChI=1S/C24H28ClN3O2S/c25-11-4-12-27-13-10-19-15-18(7-8-21(19)27)16-20-22(29)26-24(31)28(23(20)30)14-9-17-5-2-1-3-6-17/h5,7-8,15-16H,1-4,6,9-14H2,(H,26,29,31).